The lowest BCUT2D eigenvalue weighted by Gasteiger charge is -2.33. The van der Waals surface area contributed by atoms with Gasteiger partial charge in [-0.3, -0.25) is 9.52 Å². The number of nitrogens with one attached hydrogen (secondary N) is 1. The van der Waals surface area contributed by atoms with Gasteiger partial charge in [0.2, 0.25) is 15.9 Å². The number of amides is 1. The molecule has 1 aromatic carbocycles. The highest BCUT2D eigenvalue weighted by molar-refractivity contribution is 7.94. The molecule has 1 amide bonds. The van der Waals surface area contributed by atoms with E-state index in [1.54, 1.807) is 41.5 Å². The molecule has 2 N–H and O–H groups in total. The molecular weight excluding hydrogens is 514 g/mol. The molecule has 35 heavy (non-hydrogen) atoms. The molecule has 2 aromatic rings. The van der Waals surface area contributed by atoms with E-state index in [9.17, 15) is 26.7 Å². The van der Waals surface area contributed by atoms with Crippen molar-refractivity contribution in [2.24, 2.45) is 5.92 Å². The van der Waals surface area contributed by atoms with Gasteiger partial charge in [-0.15, -0.1) is 11.3 Å². The zero-order valence-electron chi connectivity index (χ0n) is 20.0. The maximum Gasteiger partial charge on any atom is 0.271 e. The van der Waals surface area contributed by atoms with Gasteiger partial charge in [-0.2, -0.15) is 0 Å². The molecular formula is C22H31N3O7S3. The standard InChI is InChI=1S/C22H31N3O7S3/c1-15-12-25(16(2)14-26)21(27)11-17-10-18(23-35(30,31)22-6-5-9-33-22)7-8-19(17)32-20(15)13-24(3)34(4,28)29/h5-10,15-16,20,23,26H,11-14H2,1-4H3/t15-,16-,20-/m0/s1. The van der Waals surface area contributed by atoms with Crippen molar-refractivity contribution in [2.75, 3.05) is 37.7 Å². The van der Waals surface area contributed by atoms with Gasteiger partial charge in [-0.1, -0.05) is 13.0 Å². The number of likely N-dealkylation sites (N-methyl/N-ethyl adjacent to an activating group) is 1. The fourth-order valence-electron chi connectivity index (χ4n) is 3.72. The van der Waals surface area contributed by atoms with Crippen molar-refractivity contribution in [3.63, 3.8) is 0 Å². The SMILES string of the molecule is C[C@H]1CN([C@@H](C)CO)C(=O)Cc2cc(NS(=O)(=O)c3cccs3)ccc2O[C@H]1CN(C)S(C)(=O)=O. The van der Waals surface area contributed by atoms with E-state index in [-0.39, 0.29) is 47.8 Å². The number of rotatable bonds is 8. The van der Waals surface area contributed by atoms with Crippen LogP contribution >= 0.6 is 11.3 Å². The van der Waals surface area contributed by atoms with Crippen molar-refractivity contribution in [2.45, 2.75) is 36.6 Å². The molecule has 13 heteroatoms. The van der Waals surface area contributed by atoms with Crippen LogP contribution in [0.5, 0.6) is 5.75 Å². The van der Waals surface area contributed by atoms with Crippen LogP contribution in [0.15, 0.2) is 39.9 Å². The first-order valence-corrected chi connectivity index (χ1v) is 15.2. The van der Waals surface area contributed by atoms with Crippen molar-refractivity contribution in [3.05, 3.63) is 41.3 Å². The summed E-state index contributed by atoms with van der Waals surface area (Å²) < 4.78 is 59.5. The van der Waals surface area contributed by atoms with Crippen molar-refractivity contribution < 1.29 is 31.5 Å². The minimum Gasteiger partial charge on any atom is -0.488 e. The van der Waals surface area contributed by atoms with Gasteiger partial charge in [0.15, 0.2) is 0 Å². The van der Waals surface area contributed by atoms with Gasteiger partial charge in [-0.05, 0) is 36.6 Å². The number of fused-ring (bicyclic) bond motifs is 1. The maximum atomic E-state index is 13.2. The van der Waals surface area contributed by atoms with Crippen molar-refractivity contribution in [3.8, 4) is 5.75 Å². The smallest absolute Gasteiger partial charge is 0.271 e. The predicted molar refractivity (Wildman–Crippen MR) is 135 cm³/mol. The molecule has 3 atom stereocenters. The third kappa shape index (κ3) is 6.73. The molecule has 0 spiro atoms. The fourth-order valence-corrected chi connectivity index (χ4v) is 6.18. The van der Waals surface area contributed by atoms with Crippen molar-refractivity contribution in [1.82, 2.24) is 9.21 Å². The lowest BCUT2D eigenvalue weighted by Crippen LogP contribution is -2.48. The zero-order chi connectivity index (χ0) is 26.0. The van der Waals surface area contributed by atoms with E-state index in [1.165, 1.54) is 17.4 Å². The van der Waals surface area contributed by atoms with E-state index in [4.69, 9.17) is 4.74 Å². The summed E-state index contributed by atoms with van der Waals surface area (Å²) >= 11 is 1.09. The zero-order valence-corrected chi connectivity index (χ0v) is 22.5. The minimum atomic E-state index is -3.79. The minimum absolute atomic E-state index is 0.0573. The van der Waals surface area contributed by atoms with E-state index >= 15 is 0 Å². The Balaban J connectivity index is 2.00. The number of aliphatic hydroxyl groups is 1. The van der Waals surface area contributed by atoms with Gasteiger partial charge in [0.1, 0.15) is 16.1 Å². The highest BCUT2D eigenvalue weighted by atomic mass is 32.2. The molecule has 1 aliphatic heterocycles. The molecule has 0 bridgehead atoms. The summed E-state index contributed by atoms with van der Waals surface area (Å²) in [7, 11) is -5.80. The summed E-state index contributed by atoms with van der Waals surface area (Å²) in [6, 6.07) is 7.35. The van der Waals surface area contributed by atoms with E-state index in [2.05, 4.69) is 4.72 Å². The second kappa shape index (κ2) is 10.8. The van der Waals surface area contributed by atoms with Crippen LogP contribution in [0.3, 0.4) is 0 Å². The van der Waals surface area contributed by atoms with Gasteiger partial charge in [0, 0.05) is 30.8 Å². The molecule has 0 radical (unpaired) electrons. The number of thiophene rings is 1. The molecule has 0 aliphatic carbocycles. The van der Waals surface area contributed by atoms with Crippen LogP contribution in [0.4, 0.5) is 5.69 Å². The number of anilines is 1. The first-order valence-electron chi connectivity index (χ1n) is 11.0. The largest absolute Gasteiger partial charge is 0.488 e. The van der Waals surface area contributed by atoms with Crippen LogP contribution in [0.2, 0.25) is 0 Å². The number of ether oxygens (including phenoxy) is 1. The number of nitrogens with zero attached hydrogens (tertiary/aromatic N) is 2. The van der Waals surface area contributed by atoms with Crippen LogP contribution in [-0.2, 0) is 31.3 Å². The molecule has 3 rings (SSSR count). The first-order chi connectivity index (χ1) is 16.3. The molecule has 0 saturated carbocycles. The summed E-state index contributed by atoms with van der Waals surface area (Å²) in [4.78, 5) is 14.8. The average molecular weight is 546 g/mol. The Labute approximate surface area is 210 Å². The number of sulfonamides is 2. The Bertz CT molecular complexity index is 1250. The number of carbonyl (C=O) groups excluding carboxylic acids is 1. The number of carbonyl (C=O) groups is 1. The van der Waals surface area contributed by atoms with Gasteiger partial charge < -0.3 is 14.7 Å². The average Bonchev–Trinajstić information content (AvgIpc) is 3.33. The lowest BCUT2D eigenvalue weighted by molar-refractivity contribution is -0.134. The van der Waals surface area contributed by atoms with Gasteiger partial charge in [0.05, 0.1) is 31.9 Å². The Morgan fingerprint density at radius 2 is 2.00 bits per heavy atom. The Morgan fingerprint density at radius 3 is 2.60 bits per heavy atom. The van der Waals surface area contributed by atoms with Crippen LogP contribution in [-0.4, -0.2) is 82.2 Å². The monoisotopic (exact) mass is 545 g/mol. The van der Waals surface area contributed by atoms with E-state index < -0.39 is 32.2 Å². The fraction of sp³-hybridized carbons (Fsp3) is 0.500. The number of aliphatic hydroxyl groups excluding tert-OH is 1. The highest BCUT2D eigenvalue weighted by Crippen LogP contribution is 2.30. The Hall–Kier alpha value is -2.19. The van der Waals surface area contributed by atoms with Crippen LogP contribution < -0.4 is 9.46 Å². The quantitative estimate of drug-likeness (QED) is 0.515. The molecule has 1 aromatic heterocycles. The third-order valence-corrected chi connectivity index (χ3v) is 9.99. The van der Waals surface area contributed by atoms with E-state index in [1.807, 2.05) is 6.92 Å². The first kappa shape index (κ1) is 27.4. The molecule has 0 saturated heterocycles. The Morgan fingerprint density at radius 1 is 1.29 bits per heavy atom. The maximum absolute atomic E-state index is 13.2. The van der Waals surface area contributed by atoms with Crippen LogP contribution in [0.1, 0.15) is 19.4 Å². The van der Waals surface area contributed by atoms with Crippen LogP contribution in [0, 0.1) is 5.92 Å². The number of hydrogen-bond donors (Lipinski definition) is 2. The molecule has 1 aliphatic rings. The van der Waals surface area contributed by atoms with E-state index in [0.29, 0.717) is 11.3 Å². The normalized spacial score (nSPS) is 20.4. The van der Waals surface area contributed by atoms with Crippen molar-refractivity contribution >= 4 is 43.0 Å². The van der Waals surface area contributed by atoms with Gasteiger partial charge in [-0.25, -0.2) is 21.1 Å². The molecule has 194 valence electrons. The molecule has 0 unspecified atom stereocenters. The van der Waals surface area contributed by atoms with Crippen molar-refractivity contribution in [1.29, 1.82) is 0 Å². The summed E-state index contributed by atoms with van der Waals surface area (Å²) in [5.74, 6) is -0.145. The molecule has 10 nitrogen and oxygen atoms in total. The molecule has 2 heterocycles. The highest BCUT2D eigenvalue weighted by Gasteiger charge is 2.32. The second-order valence-electron chi connectivity index (χ2n) is 8.79. The second-order valence-corrected chi connectivity index (χ2v) is 13.7. The van der Waals surface area contributed by atoms with Gasteiger partial charge in [0.25, 0.3) is 10.0 Å². The summed E-state index contributed by atoms with van der Waals surface area (Å²) in [5.41, 5.74) is 0.727. The topological polar surface area (TPSA) is 133 Å². The van der Waals surface area contributed by atoms with E-state index in [0.717, 1.165) is 17.6 Å². The summed E-state index contributed by atoms with van der Waals surface area (Å²) in [6.45, 7) is 3.67. The number of benzene rings is 1. The predicted octanol–water partition coefficient (Wildman–Crippen LogP) is 1.59. The van der Waals surface area contributed by atoms with Crippen LogP contribution in [0.25, 0.3) is 0 Å². The Kier molecular flexibility index (Phi) is 8.48. The summed E-state index contributed by atoms with van der Waals surface area (Å²) in [6.07, 6.45) is 0.438. The summed E-state index contributed by atoms with van der Waals surface area (Å²) in [5, 5.41) is 11.4. The molecule has 0 fully saturated rings. The van der Waals surface area contributed by atoms with Gasteiger partial charge >= 0.3 is 0 Å². The number of hydrogen-bond acceptors (Lipinski definition) is 8. The third-order valence-electron chi connectivity index (χ3n) is 5.93. The lowest BCUT2D eigenvalue weighted by atomic mass is 10.0.